The fraction of sp³-hybridized carbons (Fsp3) is 0.700. The van der Waals surface area contributed by atoms with Crippen LogP contribution in [-0.4, -0.2) is 15.6 Å². The van der Waals surface area contributed by atoms with Gasteiger partial charge in [-0.25, -0.2) is 4.98 Å². The molecule has 0 amide bonds. The van der Waals surface area contributed by atoms with E-state index in [1.807, 2.05) is 6.92 Å². The molecule has 1 aromatic rings. The van der Waals surface area contributed by atoms with E-state index in [4.69, 9.17) is 17.3 Å². The molecule has 3 nitrogen and oxygen atoms in total. The van der Waals surface area contributed by atoms with Gasteiger partial charge in [-0.15, -0.1) is 0 Å². The van der Waals surface area contributed by atoms with Crippen LogP contribution in [0.1, 0.15) is 24.9 Å². The summed E-state index contributed by atoms with van der Waals surface area (Å²) in [5, 5.41) is 0.660. The third kappa shape index (κ3) is 1.55. The third-order valence-electron chi connectivity index (χ3n) is 3.14. The van der Waals surface area contributed by atoms with Gasteiger partial charge >= 0.3 is 0 Å². The molecule has 78 valence electrons. The summed E-state index contributed by atoms with van der Waals surface area (Å²) in [6, 6.07) is 0.245. The highest BCUT2D eigenvalue weighted by Crippen LogP contribution is 2.28. The maximum Gasteiger partial charge on any atom is 0.150 e. The van der Waals surface area contributed by atoms with Gasteiger partial charge in [0, 0.05) is 12.6 Å². The van der Waals surface area contributed by atoms with Gasteiger partial charge in [0.2, 0.25) is 0 Å². The van der Waals surface area contributed by atoms with Crippen LogP contribution in [0.4, 0.5) is 0 Å². The van der Waals surface area contributed by atoms with Crippen LogP contribution in [0, 0.1) is 12.8 Å². The van der Waals surface area contributed by atoms with Crippen molar-refractivity contribution < 1.29 is 0 Å². The van der Waals surface area contributed by atoms with Gasteiger partial charge < -0.3 is 10.3 Å². The Kier molecular flexibility index (Phi) is 2.54. The molecular formula is C10H16ClN3. The van der Waals surface area contributed by atoms with Gasteiger partial charge in [0.1, 0.15) is 5.82 Å². The van der Waals surface area contributed by atoms with E-state index in [1.54, 1.807) is 0 Å². The summed E-state index contributed by atoms with van der Waals surface area (Å²) < 4.78 is 2.21. The Bertz CT molecular complexity index is 343. The third-order valence-corrected chi connectivity index (χ3v) is 3.44. The van der Waals surface area contributed by atoms with Gasteiger partial charge in [-0.1, -0.05) is 11.6 Å². The van der Waals surface area contributed by atoms with E-state index in [-0.39, 0.29) is 6.04 Å². The Hall–Kier alpha value is -0.540. The molecule has 2 heterocycles. The van der Waals surface area contributed by atoms with Gasteiger partial charge in [0.15, 0.2) is 5.15 Å². The van der Waals surface area contributed by atoms with Crippen molar-refractivity contribution in [2.45, 2.75) is 39.3 Å². The molecular weight excluding hydrogens is 198 g/mol. The maximum atomic E-state index is 6.06. The van der Waals surface area contributed by atoms with Crippen molar-refractivity contribution in [1.82, 2.24) is 9.55 Å². The number of nitrogens with two attached hydrogens (primary N) is 1. The lowest BCUT2D eigenvalue weighted by Gasteiger charge is -2.27. The van der Waals surface area contributed by atoms with Crippen LogP contribution in [0.15, 0.2) is 0 Å². The Balaban J connectivity index is 2.30. The molecule has 0 aliphatic carbocycles. The monoisotopic (exact) mass is 213 g/mol. The summed E-state index contributed by atoms with van der Waals surface area (Å²) in [6.45, 7) is 5.08. The number of nitrogens with zero attached hydrogens (tertiary/aromatic N) is 2. The van der Waals surface area contributed by atoms with E-state index in [9.17, 15) is 0 Å². The Morgan fingerprint density at radius 1 is 1.64 bits per heavy atom. The molecule has 2 N–H and O–H groups in total. The molecule has 4 heteroatoms. The van der Waals surface area contributed by atoms with Crippen molar-refractivity contribution >= 4 is 11.6 Å². The molecule has 2 rings (SSSR count). The predicted molar refractivity (Wildman–Crippen MR) is 57.4 cm³/mol. The zero-order valence-corrected chi connectivity index (χ0v) is 9.38. The smallest absolute Gasteiger partial charge is 0.150 e. The minimum absolute atomic E-state index is 0.245. The number of hydrogen-bond acceptors (Lipinski definition) is 2. The highest BCUT2D eigenvalue weighted by Gasteiger charge is 2.25. The molecule has 1 aliphatic rings. The van der Waals surface area contributed by atoms with E-state index in [1.165, 1.54) is 0 Å². The van der Waals surface area contributed by atoms with Crippen molar-refractivity contribution in [3.05, 3.63) is 16.7 Å². The van der Waals surface area contributed by atoms with Crippen molar-refractivity contribution in [3.63, 3.8) is 0 Å². The van der Waals surface area contributed by atoms with Gasteiger partial charge in [0.25, 0.3) is 0 Å². The second-order valence-corrected chi connectivity index (χ2v) is 4.52. The van der Waals surface area contributed by atoms with Crippen molar-refractivity contribution in [3.8, 4) is 0 Å². The first kappa shape index (κ1) is 9.99. The van der Waals surface area contributed by atoms with Crippen LogP contribution >= 0.6 is 11.6 Å². The summed E-state index contributed by atoms with van der Waals surface area (Å²) >= 11 is 6.06. The molecule has 0 saturated carbocycles. The lowest BCUT2D eigenvalue weighted by Crippen LogP contribution is -2.33. The molecule has 2 atom stereocenters. The number of fused-ring (bicyclic) bond motifs is 1. The van der Waals surface area contributed by atoms with E-state index >= 15 is 0 Å². The number of aromatic nitrogens is 2. The molecule has 0 saturated heterocycles. The number of halogens is 1. The highest BCUT2D eigenvalue weighted by molar-refractivity contribution is 6.30. The van der Waals surface area contributed by atoms with Crippen LogP contribution in [-0.2, 0) is 13.0 Å². The number of hydrogen-bond donors (Lipinski definition) is 1. The predicted octanol–water partition coefficient (Wildman–Crippen LogP) is 1.75. The lowest BCUT2D eigenvalue weighted by atomic mass is 9.90. The summed E-state index contributed by atoms with van der Waals surface area (Å²) in [4.78, 5) is 4.27. The number of imidazole rings is 1. The van der Waals surface area contributed by atoms with Gasteiger partial charge in [-0.05, 0) is 32.6 Å². The molecule has 2 unspecified atom stereocenters. The summed E-state index contributed by atoms with van der Waals surface area (Å²) in [6.07, 6.45) is 2.11. The summed E-state index contributed by atoms with van der Waals surface area (Å²) in [5.41, 5.74) is 7.07. The van der Waals surface area contributed by atoms with Crippen molar-refractivity contribution in [1.29, 1.82) is 0 Å². The fourth-order valence-corrected chi connectivity index (χ4v) is 2.46. The Labute approximate surface area is 89.3 Å². The van der Waals surface area contributed by atoms with Crippen molar-refractivity contribution in [2.75, 3.05) is 0 Å². The van der Waals surface area contributed by atoms with Crippen LogP contribution in [0.25, 0.3) is 0 Å². The topological polar surface area (TPSA) is 43.8 Å². The minimum Gasteiger partial charge on any atom is -0.331 e. The molecule has 0 fully saturated rings. The average molecular weight is 214 g/mol. The number of aryl methyl sites for hydroxylation is 1. The first-order chi connectivity index (χ1) is 6.59. The molecule has 0 bridgehead atoms. The van der Waals surface area contributed by atoms with Crippen LogP contribution in [0.5, 0.6) is 0 Å². The molecule has 0 spiro atoms. The summed E-state index contributed by atoms with van der Waals surface area (Å²) in [5.74, 6) is 1.57. The van der Waals surface area contributed by atoms with E-state index < -0.39 is 0 Å². The zero-order chi connectivity index (χ0) is 10.3. The van der Waals surface area contributed by atoms with Gasteiger partial charge in [-0.2, -0.15) is 0 Å². The second-order valence-electron chi connectivity index (χ2n) is 4.16. The van der Waals surface area contributed by atoms with E-state index in [0.29, 0.717) is 11.1 Å². The first-order valence-electron chi connectivity index (χ1n) is 5.06. The van der Waals surface area contributed by atoms with Gasteiger partial charge in [0.05, 0.1) is 5.69 Å². The minimum atomic E-state index is 0.245. The van der Waals surface area contributed by atoms with Crippen LogP contribution in [0.2, 0.25) is 5.15 Å². The Morgan fingerprint density at radius 3 is 3.00 bits per heavy atom. The van der Waals surface area contributed by atoms with Gasteiger partial charge in [-0.3, -0.25) is 0 Å². The van der Waals surface area contributed by atoms with E-state index in [0.717, 1.165) is 30.9 Å². The number of rotatable bonds is 1. The normalized spacial score (nSPS) is 23.3. The first-order valence-corrected chi connectivity index (χ1v) is 5.44. The second kappa shape index (κ2) is 3.55. The summed E-state index contributed by atoms with van der Waals surface area (Å²) in [7, 11) is 0. The Morgan fingerprint density at radius 2 is 2.36 bits per heavy atom. The molecule has 0 aromatic carbocycles. The quantitative estimate of drug-likeness (QED) is 0.773. The average Bonchev–Trinajstić information content (AvgIpc) is 2.42. The van der Waals surface area contributed by atoms with E-state index in [2.05, 4.69) is 16.5 Å². The largest absolute Gasteiger partial charge is 0.331 e. The molecule has 1 aliphatic heterocycles. The molecule has 1 aromatic heterocycles. The van der Waals surface area contributed by atoms with Crippen LogP contribution < -0.4 is 5.73 Å². The molecule has 0 radical (unpaired) electrons. The standard InChI is InChI=1S/C10H16ClN3/c1-6(12)8-3-4-14-7(2)13-10(11)9(14)5-8/h6,8H,3-5,12H2,1-2H3. The SMILES string of the molecule is Cc1nc(Cl)c2n1CCC(C(C)N)C2. The van der Waals surface area contributed by atoms with Crippen molar-refractivity contribution in [2.24, 2.45) is 11.7 Å². The fourth-order valence-electron chi connectivity index (χ4n) is 2.16. The lowest BCUT2D eigenvalue weighted by molar-refractivity contribution is 0.340. The highest BCUT2D eigenvalue weighted by atomic mass is 35.5. The zero-order valence-electron chi connectivity index (χ0n) is 8.63. The maximum absolute atomic E-state index is 6.06. The van der Waals surface area contributed by atoms with Crippen LogP contribution in [0.3, 0.4) is 0 Å². The molecule has 14 heavy (non-hydrogen) atoms.